The third-order valence-electron chi connectivity index (χ3n) is 2.56. The second-order valence-corrected chi connectivity index (χ2v) is 5.90. The molecule has 1 rings (SSSR count). The maximum Gasteiger partial charge on any atom is 0.222 e. The van der Waals surface area contributed by atoms with Crippen molar-refractivity contribution in [1.82, 2.24) is 10.2 Å². The summed E-state index contributed by atoms with van der Waals surface area (Å²) in [5.74, 6) is 0.321. The van der Waals surface area contributed by atoms with E-state index in [4.69, 9.17) is 0 Å². The summed E-state index contributed by atoms with van der Waals surface area (Å²) in [5.41, 5.74) is 0.268. The van der Waals surface area contributed by atoms with E-state index >= 15 is 0 Å². The van der Waals surface area contributed by atoms with Crippen molar-refractivity contribution < 1.29 is 4.79 Å². The Bertz CT molecular complexity index is 203. The molecule has 1 saturated heterocycles. The molecule has 0 bridgehead atoms. The van der Waals surface area contributed by atoms with Crippen LogP contribution in [-0.4, -0.2) is 37.0 Å². The van der Waals surface area contributed by atoms with Crippen LogP contribution in [0.1, 0.15) is 53.9 Å². The number of rotatable bonds is 2. The Hall–Kier alpha value is -0.570. The largest absolute Gasteiger partial charge is 0.340 e. The Balaban J connectivity index is 0.000000770. The SMILES string of the molecule is CC(C)(C)CCC(=O)N1CCNCC1.CCC. The molecule has 0 spiro atoms. The van der Waals surface area contributed by atoms with E-state index < -0.39 is 0 Å². The highest BCUT2D eigenvalue weighted by Crippen LogP contribution is 2.21. The third-order valence-corrected chi connectivity index (χ3v) is 2.56. The Kier molecular flexibility index (Phi) is 8.23. The second kappa shape index (κ2) is 8.51. The summed E-state index contributed by atoms with van der Waals surface area (Å²) < 4.78 is 0. The van der Waals surface area contributed by atoms with Crippen LogP contribution >= 0.6 is 0 Å². The number of hydrogen-bond acceptors (Lipinski definition) is 2. The van der Waals surface area contributed by atoms with Crippen LogP contribution in [-0.2, 0) is 4.79 Å². The van der Waals surface area contributed by atoms with Gasteiger partial charge in [0.1, 0.15) is 0 Å². The Morgan fingerprint density at radius 1 is 1.18 bits per heavy atom. The molecule has 1 N–H and O–H groups in total. The third kappa shape index (κ3) is 9.16. The highest BCUT2D eigenvalue weighted by Gasteiger charge is 2.18. The minimum absolute atomic E-state index is 0.268. The summed E-state index contributed by atoms with van der Waals surface area (Å²) in [6.45, 7) is 14.4. The highest BCUT2D eigenvalue weighted by atomic mass is 16.2. The van der Waals surface area contributed by atoms with Crippen LogP contribution in [0.2, 0.25) is 0 Å². The number of hydrogen-bond donors (Lipinski definition) is 1. The number of amides is 1. The molecule has 0 saturated carbocycles. The zero-order valence-electron chi connectivity index (χ0n) is 12.3. The van der Waals surface area contributed by atoms with Crippen molar-refractivity contribution in [2.45, 2.75) is 53.9 Å². The van der Waals surface area contributed by atoms with Crippen molar-refractivity contribution in [1.29, 1.82) is 0 Å². The van der Waals surface area contributed by atoms with Crippen LogP contribution in [0.15, 0.2) is 0 Å². The van der Waals surface area contributed by atoms with E-state index in [-0.39, 0.29) is 5.41 Å². The number of piperazine rings is 1. The lowest BCUT2D eigenvalue weighted by Gasteiger charge is -2.28. The molecule has 1 heterocycles. The molecule has 3 heteroatoms. The first kappa shape index (κ1) is 16.4. The van der Waals surface area contributed by atoms with Crippen LogP contribution in [0.25, 0.3) is 0 Å². The predicted molar refractivity (Wildman–Crippen MR) is 74.1 cm³/mol. The summed E-state index contributed by atoms with van der Waals surface area (Å²) in [6.07, 6.45) is 2.93. The lowest BCUT2D eigenvalue weighted by molar-refractivity contribution is -0.132. The van der Waals surface area contributed by atoms with Gasteiger partial charge in [-0.25, -0.2) is 0 Å². The van der Waals surface area contributed by atoms with E-state index in [2.05, 4.69) is 39.9 Å². The number of carbonyl (C=O) groups is 1. The minimum Gasteiger partial charge on any atom is -0.340 e. The average Bonchev–Trinajstić information content (AvgIpc) is 2.27. The van der Waals surface area contributed by atoms with E-state index in [9.17, 15) is 4.79 Å². The highest BCUT2D eigenvalue weighted by molar-refractivity contribution is 5.76. The van der Waals surface area contributed by atoms with Gasteiger partial charge >= 0.3 is 0 Å². The molecule has 1 aliphatic rings. The van der Waals surface area contributed by atoms with Crippen LogP contribution in [0.3, 0.4) is 0 Å². The van der Waals surface area contributed by atoms with E-state index in [0.29, 0.717) is 12.3 Å². The fourth-order valence-electron chi connectivity index (χ4n) is 1.55. The molecule has 0 aromatic heterocycles. The van der Waals surface area contributed by atoms with Crippen LogP contribution < -0.4 is 5.32 Å². The molecular weight excluding hydrogens is 212 g/mol. The summed E-state index contributed by atoms with van der Waals surface area (Å²) in [6, 6.07) is 0. The standard InChI is InChI=1S/C11H22N2O.C3H8/c1-11(2,3)5-4-10(14)13-8-6-12-7-9-13;1-3-2/h12H,4-9H2,1-3H3;3H2,1-2H3. The predicted octanol–water partition coefficient (Wildman–Crippen LogP) is 2.66. The molecule has 0 aromatic carbocycles. The number of carbonyl (C=O) groups excluding carboxylic acids is 1. The summed E-state index contributed by atoms with van der Waals surface area (Å²) >= 11 is 0. The Labute approximate surface area is 107 Å². The fourth-order valence-corrected chi connectivity index (χ4v) is 1.55. The summed E-state index contributed by atoms with van der Waals surface area (Å²) in [4.78, 5) is 13.7. The van der Waals surface area contributed by atoms with E-state index in [1.165, 1.54) is 6.42 Å². The van der Waals surface area contributed by atoms with E-state index in [1.807, 2.05) is 4.90 Å². The van der Waals surface area contributed by atoms with Crippen molar-refractivity contribution in [3.63, 3.8) is 0 Å². The molecule has 102 valence electrons. The molecule has 3 nitrogen and oxygen atoms in total. The van der Waals surface area contributed by atoms with E-state index in [0.717, 1.165) is 32.6 Å². The van der Waals surface area contributed by atoms with Gasteiger partial charge in [0.15, 0.2) is 0 Å². The van der Waals surface area contributed by atoms with Crippen molar-refractivity contribution in [2.75, 3.05) is 26.2 Å². The molecule has 1 fully saturated rings. The zero-order valence-corrected chi connectivity index (χ0v) is 12.3. The van der Waals surface area contributed by atoms with E-state index in [1.54, 1.807) is 0 Å². The van der Waals surface area contributed by atoms with Crippen molar-refractivity contribution in [3.8, 4) is 0 Å². The van der Waals surface area contributed by atoms with Gasteiger partial charge in [-0.3, -0.25) is 4.79 Å². The van der Waals surface area contributed by atoms with Gasteiger partial charge in [0.2, 0.25) is 5.91 Å². The quantitative estimate of drug-likeness (QED) is 0.807. The normalized spacial score (nSPS) is 16.2. The molecule has 0 atom stereocenters. The molecule has 0 unspecified atom stereocenters. The molecule has 1 aliphatic heterocycles. The summed E-state index contributed by atoms with van der Waals surface area (Å²) in [5, 5.41) is 3.25. The monoisotopic (exact) mass is 242 g/mol. The van der Waals surface area contributed by atoms with Gasteiger partial charge in [-0.15, -0.1) is 0 Å². The first-order valence-corrected chi connectivity index (χ1v) is 6.89. The lowest BCUT2D eigenvalue weighted by atomic mass is 9.90. The molecular formula is C14H30N2O. The smallest absolute Gasteiger partial charge is 0.222 e. The van der Waals surface area contributed by atoms with Crippen molar-refractivity contribution >= 4 is 5.91 Å². The Morgan fingerprint density at radius 2 is 1.65 bits per heavy atom. The molecule has 17 heavy (non-hydrogen) atoms. The first-order valence-electron chi connectivity index (χ1n) is 6.89. The summed E-state index contributed by atoms with van der Waals surface area (Å²) in [7, 11) is 0. The fraction of sp³-hybridized carbons (Fsp3) is 0.929. The van der Waals surface area contributed by atoms with Gasteiger partial charge in [0, 0.05) is 32.6 Å². The van der Waals surface area contributed by atoms with Crippen LogP contribution in [0.5, 0.6) is 0 Å². The van der Waals surface area contributed by atoms with Gasteiger partial charge in [0.25, 0.3) is 0 Å². The van der Waals surface area contributed by atoms with Gasteiger partial charge in [-0.1, -0.05) is 41.0 Å². The molecule has 0 radical (unpaired) electrons. The van der Waals surface area contributed by atoms with Crippen molar-refractivity contribution in [3.05, 3.63) is 0 Å². The second-order valence-electron chi connectivity index (χ2n) is 5.90. The van der Waals surface area contributed by atoms with Gasteiger partial charge in [0.05, 0.1) is 0 Å². The van der Waals surface area contributed by atoms with Crippen molar-refractivity contribution in [2.24, 2.45) is 5.41 Å². The van der Waals surface area contributed by atoms with Gasteiger partial charge in [-0.2, -0.15) is 0 Å². The molecule has 0 aromatic rings. The zero-order chi connectivity index (χ0) is 13.3. The number of nitrogens with zero attached hydrogens (tertiary/aromatic N) is 1. The van der Waals surface area contributed by atoms with Gasteiger partial charge < -0.3 is 10.2 Å². The maximum atomic E-state index is 11.7. The Morgan fingerprint density at radius 3 is 2.06 bits per heavy atom. The minimum atomic E-state index is 0.268. The van der Waals surface area contributed by atoms with Crippen LogP contribution in [0.4, 0.5) is 0 Å². The lowest BCUT2D eigenvalue weighted by Crippen LogP contribution is -2.46. The number of nitrogens with one attached hydrogen (secondary N) is 1. The molecule has 1 amide bonds. The molecule has 0 aliphatic carbocycles. The van der Waals surface area contributed by atoms with Gasteiger partial charge in [-0.05, 0) is 11.8 Å². The first-order chi connectivity index (χ1) is 7.90. The average molecular weight is 242 g/mol. The topological polar surface area (TPSA) is 32.3 Å². The maximum absolute atomic E-state index is 11.7. The van der Waals surface area contributed by atoms with Crippen LogP contribution in [0, 0.1) is 5.41 Å².